The van der Waals surface area contributed by atoms with Crippen molar-refractivity contribution >= 4 is 16.9 Å². The molecule has 2 N–H and O–H groups in total. The van der Waals surface area contributed by atoms with Gasteiger partial charge in [-0.15, -0.1) is 10.2 Å². The van der Waals surface area contributed by atoms with Crippen LogP contribution in [0, 0.1) is 0 Å². The number of hydrogen-bond acceptors (Lipinski definition) is 6. The van der Waals surface area contributed by atoms with E-state index < -0.39 is 5.97 Å². The number of ether oxygens (including phenoxy) is 1. The van der Waals surface area contributed by atoms with Crippen LogP contribution in [0.1, 0.15) is 10.5 Å². The highest BCUT2D eigenvalue weighted by Gasteiger charge is 2.16. The van der Waals surface area contributed by atoms with Gasteiger partial charge in [-0.05, 0) is 17.3 Å². The molecule has 0 spiro atoms. The summed E-state index contributed by atoms with van der Waals surface area (Å²) >= 11 is 0. The standard InChI is InChI=1S/C11H9N5O3/c1-19-11(17)9-4-6-2-3-7(5-8(6)16(9)18)10-12-14-15-13-10/h2-5,18H,1H3,(H,12,13,14,15). The van der Waals surface area contributed by atoms with Crippen LogP contribution in [-0.4, -0.2) is 43.6 Å². The Bertz CT molecular complexity index is 747. The predicted octanol–water partition coefficient (Wildman–Crippen LogP) is 0.845. The first-order valence-corrected chi connectivity index (χ1v) is 5.37. The summed E-state index contributed by atoms with van der Waals surface area (Å²) in [6, 6.07) is 6.72. The average molecular weight is 259 g/mol. The Labute approximate surface area is 106 Å². The summed E-state index contributed by atoms with van der Waals surface area (Å²) in [5, 5.41) is 24.2. The fraction of sp³-hybridized carbons (Fsp3) is 0.0909. The van der Waals surface area contributed by atoms with Gasteiger partial charge in [0.1, 0.15) is 0 Å². The maximum absolute atomic E-state index is 11.5. The molecule has 8 heteroatoms. The summed E-state index contributed by atoms with van der Waals surface area (Å²) in [6.45, 7) is 0. The minimum absolute atomic E-state index is 0.0581. The van der Waals surface area contributed by atoms with Crippen molar-refractivity contribution in [3.05, 3.63) is 30.0 Å². The number of esters is 1. The van der Waals surface area contributed by atoms with E-state index in [-0.39, 0.29) is 5.69 Å². The Kier molecular flexibility index (Phi) is 2.41. The van der Waals surface area contributed by atoms with Gasteiger partial charge in [-0.3, -0.25) is 0 Å². The number of hydrogen-bond donors (Lipinski definition) is 2. The molecular formula is C11H9N5O3. The zero-order chi connectivity index (χ0) is 13.4. The third kappa shape index (κ3) is 1.69. The van der Waals surface area contributed by atoms with Crippen LogP contribution in [-0.2, 0) is 4.74 Å². The molecule has 3 aromatic rings. The number of fused-ring (bicyclic) bond motifs is 1. The molecule has 0 aliphatic carbocycles. The number of carbonyl (C=O) groups is 1. The largest absolute Gasteiger partial charge is 0.464 e. The number of aromatic nitrogens is 5. The third-order valence-electron chi connectivity index (χ3n) is 2.78. The number of rotatable bonds is 2. The topological polar surface area (TPSA) is 106 Å². The molecule has 3 rings (SSSR count). The highest BCUT2D eigenvalue weighted by molar-refractivity contribution is 5.96. The summed E-state index contributed by atoms with van der Waals surface area (Å²) in [5.74, 6) is -0.206. The lowest BCUT2D eigenvalue weighted by Crippen LogP contribution is -2.07. The third-order valence-corrected chi connectivity index (χ3v) is 2.78. The van der Waals surface area contributed by atoms with E-state index in [4.69, 9.17) is 0 Å². The highest BCUT2D eigenvalue weighted by atomic mass is 16.5. The molecule has 2 heterocycles. The number of tetrazole rings is 1. The Morgan fingerprint density at radius 2 is 2.26 bits per heavy atom. The Hall–Kier alpha value is -2.90. The van der Waals surface area contributed by atoms with Gasteiger partial charge < -0.3 is 9.94 Å². The molecule has 0 saturated carbocycles. The summed E-state index contributed by atoms with van der Waals surface area (Å²) in [7, 11) is 1.25. The van der Waals surface area contributed by atoms with Crippen molar-refractivity contribution in [1.29, 1.82) is 0 Å². The second kappa shape index (κ2) is 4.09. The van der Waals surface area contributed by atoms with Crippen LogP contribution < -0.4 is 0 Å². The predicted molar refractivity (Wildman–Crippen MR) is 63.6 cm³/mol. The molecule has 2 aromatic heterocycles. The summed E-state index contributed by atoms with van der Waals surface area (Å²) < 4.78 is 5.37. The summed E-state index contributed by atoms with van der Waals surface area (Å²) in [6.07, 6.45) is 0. The van der Waals surface area contributed by atoms with Gasteiger partial charge >= 0.3 is 5.97 Å². The average Bonchev–Trinajstić information content (AvgIpc) is 3.06. The van der Waals surface area contributed by atoms with Crippen LogP contribution in [0.25, 0.3) is 22.3 Å². The Morgan fingerprint density at radius 3 is 2.95 bits per heavy atom. The van der Waals surface area contributed by atoms with Gasteiger partial charge in [-0.1, -0.05) is 12.1 Å². The molecule has 0 aliphatic rings. The van der Waals surface area contributed by atoms with Crippen LogP contribution in [0.4, 0.5) is 0 Å². The van der Waals surface area contributed by atoms with E-state index in [0.29, 0.717) is 22.3 Å². The van der Waals surface area contributed by atoms with E-state index in [1.165, 1.54) is 7.11 Å². The van der Waals surface area contributed by atoms with Crippen molar-refractivity contribution in [2.75, 3.05) is 7.11 Å². The van der Waals surface area contributed by atoms with E-state index >= 15 is 0 Å². The Morgan fingerprint density at radius 1 is 1.42 bits per heavy atom. The van der Waals surface area contributed by atoms with Crippen LogP contribution in [0.15, 0.2) is 24.3 Å². The second-order valence-corrected chi connectivity index (χ2v) is 3.84. The molecule has 0 radical (unpaired) electrons. The molecule has 1 aromatic carbocycles. The van der Waals surface area contributed by atoms with Crippen LogP contribution >= 0.6 is 0 Å². The molecule has 0 fully saturated rings. The lowest BCUT2D eigenvalue weighted by atomic mass is 10.1. The molecular weight excluding hydrogens is 250 g/mol. The van der Waals surface area contributed by atoms with Crippen molar-refractivity contribution in [2.24, 2.45) is 0 Å². The van der Waals surface area contributed by atoms with Gasteiger partial charge in [0, 0.05) is 10.9 Å². The number of H-pyrrole nitrogens is 1. The van der Waals surface area contributed by atoms with Crippen molar-refractivity contribution in [1.82, 2.24) is 25.4 Å². The quantitative estimate of drug-likeness (QED) is 0.522. The van der Waals surface area contributed by atoms with Crippen LogP contribution in [0.5, 0.6) is 0 Å². The van der Waals surface area contributed by atoms with Gasteiger partial charge in [0.25, 0.3) is 0 Å². The van der Waals surface area contributed by atoms with E-state index in [9.17, 15) is 10.0 Å². The minimum Gasteiger partial charge on any atom is -0.464 e. The summed E-state index contributed by atoms with van der Waals surface area (Å²) in [5.41, 5.74) is 1.19. The first-order chi connectivity index (χ1) is 9.20. The minimum atomic E-state index is -0.611. The van der Waals surface area contributed by atoms with Crippen molar-refractivity contribution < 1.29 is 14.7 Å². The molecule has 96 valence electrons. The molecule has 19 heavy (non-hydrogen) atoms. The van der Waals surface area contributed by atoms with Gasteiger partial charge in [-0.2, -0.15) is 9.94 Å². The number of nitrogens with one attached hydrogen (secondary N) is 1. The van der Waals surface area contributed by atoms with E-state index in [1.54, 1.807) is 24.3 Å². The van der Waals surface area contributed by atoms with Gasteiger partial charge in [0.05, 0.1) is 12.6 Å². The second-order valence-electron chi connectivity index (χ2n) is 3.84. The van der Waals surface area contributed by atoms with E-state index in [1.807, 2.05) is 0 Å². The number of benzene rings is 1. The van der Waals surface area contributed by atoms with Crippen molar-refractivity contribution in [2.45, 2.75) is 0 Å². The summed E-state index contributed by atoms with van der Waals surface area (Å²) in [4.78, 5) is 11.5. The van der Waals surface area contributed by atoms with Crippen LogP contribution in [0.2, 0.25) is 0 Å². The zero-order valence-electron chi connectivity index (χ0n) is 9.86. The highest BCUT2D eigenvalue weighted by Crippen LogP contribution is 2.24. The van der Waals surface area contributed by atoms with Gasteiger partial charge in [0.2, 0.25) is 5.82 Å². The number of aromatic amines is 1. The van der Waals surface area contributed by atoms with Crippen LogP contribution in [0.3, 0.4) is 0 Å². The van der Waals surface area contributed by atoms with Crippen molar-refractivity contribution in [3.63, 3.8) is 0 Å². The Balaban J connectivity index is 2.18. The van der Waals surface area contributed by atoms with Gasteiger partial charge in [0.15, 0.2) is 5.69 Å². The monoisotopic (exact) mass is 259 g/mol. The first kappa shape index (κ1) is 11.2. The number of carbonyl (C=O) groups excluding carboxylic acids is 1. The molecule has 0 bridgehead atoms. The normalized spacial score (nSPS) is 10.8. The zero-order valence-corrected chi connectivity index (χ0v) is 9.86. The molecule has 0 aliphatic heterocycles. The maximum atomic E-state index is 11.5. The lowest BCUT2D eigenvalue weighted by molar-refractivity contribution is 0.0554. The smallest absolute Gasteiger partial charge is 0.358 e. The fourth-order valence-corrected chi connectivity index (χ4v) is 1.86. The maximum Gasteiger partial charge on any atom is 0.358 e. The van der Waals surface area contributed by atoms with Crippen molar-refractivity contribution in [3.8, 4) is 11.4 Å². The lowest BCUT2D eigenvalue weighted by Gasteiger charge is -2.00. The van der Waals surface area contributed by atoms with Gasteiger partial charge in [-0.25, -0.2) is 4.79 Å². The molecule has 8 nitrogen and oxygen atoms in total. The molecule has 0 amide bonds. The SMILES string of the molecule is COC(=O)c1cc2ccc(-c3nn[nH]n3)cc2n1O. The van der Waals surface area contributed by atoms with E-state index in [0.717, 1.165) is 4.73 Å². The number of nitrogens with zero attached hydrogens (tertiary/aromatic N) is 4. The molecule has 0 saturated heterocycles. The number of methoxy groups -OCH3 is 1. The molecule has 0 unspecified atom stereocenters. The van der Waals surface area contributed by atoms with E-state index in [2.05, 4.69) is 25.4 Å². The molecule has 0 atom stereocenters. The fourth-order valence-electron chi connectivity index (χ4n) is 1.86. The first-order valence-electron chi connectivity index (χ1n) is 5.37.